The Morgan fingerprint density at radius 3 is 2.44 bits per heavy atom. The van der Waals surface area contributed by atoms with Gasteiger partial charge in [0.15, 0.2) is 5.78 Å². The molecular weight excluding hydrogens is 452 g/mol. The summed E-state index contributed by atoms with van der Waals surface area (Å²) in [6.45, 7) is 2.75. The van der Waals surface area contributed by atoms with Crippen molar-refractivity contribution < 1.29 is 17.9 Å². The van der Waals surface area contributed by atoms with Crippen LogP contribution in [0.1, 0.15) is 22.3 Å². The Kier molecular flexibility index (Phi) is 6.12. The highest BCUT2D eigenvalue weighted by molar-refractivity contribution is 7.91. The molecule has 1 aliphatic rings. The molecule has 0 spiro atoms. The second kappa shape index (κ2) is 9.36. The average molecular weight is 477 g/mol. The molecule has 0 unspecified atom stereocenters. The van der Waals surface area contributed by atoms with Crippen molar-refractivity contribution in [3.8, 4) is 0 Å². The molecule has 174 valence electrons. The predicted octanol–water partition coefficient (Wildman–Crippen LogP) is 3.21. The molecule has 8 nitrogen and oxygen atoms in total. The van der Waals surface area contributed by atoms with Crippen LogP contribution in [-0.2, 0) is 21.0 Å². The summed E-state index contributed by atoms with van der Waals surface area (Å²) < 4.78 is 33.2. The number of rotatable bonds is 7. The van der Waals surface area contributed by atoms with Crippen LogP contribution in [0.3, 0.4) is 0 Å². The van der Waals surface area contributed by atoms with Gasteiger partial charge >= 0.3 is 0 Å². The standard InChI is InChI=1S/C25H24N4O4S/c30-23(20-4-9-24-26-11-12-29(24)18-20)8-3-19-1-5-21(6-2-19)34(31,32)22-7-10-25(27-17-22)28-13-15-33-16-14-28/h1-2,4-7,9-12,17-18H,3,8,13-16H2. The summed E-state index contributed by atoms with van der Waals surface area (Å²) >= 11 is 0. The summed E-state index contributed by atoms with van der Waals surface area (Å²) in [5, 5.41) is 0. The maximum absolute atomic E-state index is 13.0. The highest BCUT2D eigenvalue weighted by atomic mass is 32.2. The van der Waals surface area contributed by atoms with Gasteiger partial charge in [0.25, 0.3) is 0 Å². The number of nitrogens with zero attached hydrogens (tertiary/aromatic N) is 4. The Morgan fingerprint density at radius 2 is 1.71 bits per heavy atom. The van der Waals surface area contributed by atoms with Crippen LogP contribution in [0.2, 0.25) is 0 Å². The molecule has 34 heavy (non-hydrogen) atoms. The SMILES string of the molecule is O=C(CCc1ccc(S(=O)(=O)c2ccc(N3CCOCC3)nc2)cc1)c1ccc2nccn2c1. The fourth-order valence-corrected chi connectivity index (χ4v) is 5.17. The first-order valence-corrected chi connectivity index (χ1v) is 12.6. The molecule has 0 N–H and O–H groups in total. The van der Waals surface area contributed by atoms with Gasteiger partial charge in [0.2, 0.25) is 9.84 Å². The molecule has 0 bridgehead atoms. The van der Waals surface area contributed by atoms with Crippen molar-refractivity contribution in [2.24, 2.45) is 0 Å². The molecule has 0 aliphatic carbocycles. The smallest absolute Gasteiger partial charge is 0.208 e. The molecule has 0 amide bonds. The van der Waals surface area contributed by atoms with E-state index in [9.17, 15) is 13.2 Å². The number of fused-ring (bicyclic) bond motifs is 1. The molecule has 0 atom stereocenters. The number of aryl methyl sites for hydroxylation is 1. The van der Waals surface area contributed by atoms with E-state index >= 15 is 0 Å². The Balaban J connectivity index is 1.24. The van der Waals surface area contributed by atoms with Crippen LogP contribution in [0.4, 0.5) is 5.82 Å². The number of imidazole rings is 1. The fraction of sp³-hybridized carbons (Fsp3) is 0.240. The topological polar surface area (TPSA) is 93.9 Å². The third kappa shape index (κ3) is 4.57. The molecular formula is C25H24N4O4S. The average Bonchev–Trinajstić information content (AvgIpc) is 3.36. The molecule has 1 aliphatic heterocycles. The zero-order valence-corrected chi connectivity index (χ0v) is 19.3. The normalized spacial score (nSPS) is 14.4. The van der Waals surface area contributed by atoms with Gasteiger partial charge in [-0.1, -0.05) is 12.1 Å². The van der Waals surface area contributed by atoms with E-state index < -0.39 is 9.84 Å². The van der Waals surface area contributed by atoms with Gasteiger partial charge in [0.05, 0.1) is 23.0 Å². The first-order valence-electron chi connectivity index (χ1n) is 11.1. The number of pyridine rings is 2. The first-order chi connectivity index (χ1) is 16.5. The number of sulfone groups is 1. The van der Waals surface area contributed by atoms with E-state index in [1.165, 1.54) is 6.20 Å². The highest BCUT2D eigenvalue weighted by Crippen LogP contribution is 2.23. The number of aromatic nitrogens is 3. The summed E-state index contributed by atoms with van der Waals surface area (Å²) in [6, 6.07) is 13.6. The Hall–Kier alpha value is -3.56. The molecule has 9 heteroatoms. The number of ketones is 1. The number of anilines is 1. The Labute approximate surface area is 197 Å². The molecule has 4 aromatic rings. The summed E-state index contributed by atoms with van der Waals surface area (Å²) in [5.41, 5.74) is 2.31. The quantitative estimate of drug-likeness (QED) is 0.378. The maximum Gasteiger partial charge on any atom is 0.208 e. The lowest BCUT2D eigenvalue weighted by Gasteiger charge is -2.27. The van der Waals surface area contributed by atoms with E-state index in [1.807, 2.05) is 10.5 Å². The summed E-state index contributed by atoms with van der Waals surface area (Å²) in [7, 11) is -3.67. The zero-order chi connectivity index (χ0) is 23.5. The number of carbonyl (C=O) groups excluding carboxylic acids is 1. The third-order valence-electron chi connectivity index (χ3n) is 5.95. The van der Waals surface area contributed by atoms with E-state index in [-0.39, 0.29) is 15.6 Å². The van der Waals surface area contributed by atoms with Crippen LogP contribution in [0.25, 0.3) is 5.65 Å². The van der Waals surface area contributed by atoms with Crippen molar-refractivity contribution in [1.29, 1.82) is 0 Å². The summed E-state index contributed by atoms with van der Waals surface area (Å²) in [4.78, 5) is 23.6. The molecule has 0 radical (unpaired) electrons. The monoisotopic (exact) mass is 476 g/mol. The second-order valence-electron chi connectivity index (χ2n) is 8.13. The van der Waals surface area contributed by atoms with Gasteiger partial charge in [-0.15, -0.1) is 0 Å². The van der Waals surface area contributed by atoms with Gasteiger partial charge in [-0.25, -0.2) is 18.4 Å². The molecule has 0 saturated carbocycles. The van der Waals surface area contributed by atoms with E-state index in [4.69, 9.17) is 4.74 Å². The number of morpholine rings is 1. The molecule has 1 aromatic carbocycles. The Bertz CT molecular complexity index is 1410. The lowest BCUT2D eigenvalue weighted by molar-refractivity contribution is 0.0982. The van der Waals surface area contributed by atoms with Crippen LogP contribution in [0.15, 0.2) is 83.1 Å². The molecule has 4 heterocycles. The van der Waals surface area contributed by atoms with Gasteiger partial charge < -0.3 is 14.0 Å². The number of Topliss-reactive ketones (excluding diaryl/α,β-unsaturated/α-hetero) is 1. The van der Waals surface area contributed by atoms with Crippen LogP contribution in [0.5, 0.6) is 0 Å². The van der Waals surface area contributed by atoms with Gasteiger partial charge in [-0.2, -0.15) is 0 Å². The second-order valence-corrected chi connectivity index (χ2v) is 10.1. The van der Waals surface area contributed by atoms with Crippen LogP contribution >= 0.6 is 0 Å². The number of carbonyl (C=O) groups is 1. The van der Waals surface area contributed by atoms with E-state index in [1.54, 1.807) is 61.1 Å². The minimum absolute atomic E-state index is 0.0266. The van der Waals surface area contributed by atoms with Crippen molar-refractivity contribution in [2.75, 3.05) is 31.2 Å². The fourth-order valence-electron chi connectivity index (χ4n) is 3.97. The van der Waals surface area contributed by atoms with Crippen LogP contribution in [0, 0.1) is 0 Å². The summed E-state index contributed by atoms with van der Waals surface area (Å²) in [6.07, 6.45) is 7.53. The van der Waals surface area contributed by atoms with E-state index in [2.05, 4.69) is 14.9 Å². The van der Waals surface area contributed by atoms with Gasteiger partial charge in [0.1, 0.15) is 11.5 Å². The lowest BCUT2D eigenvalue weighted by Crippen LogP contribution is -2.36. The minimum atomic E-state index is -3.67. The first kappa shape index (κ1) is 22.2. The number of benzene rings is 1. The number of hydrogen-bond donors (Lipinski definition) is 0. The Morgan fingerprint density at radius 1 is 0.941 bits per heavy atom. The highest BCUT2D eigenvalue weighted by Gasteiger charge is 2.20. The molecule has 3 aromatic heterocycles. The third-order valence-corrected chi connectivity index (χ3v) is 7.71. The number of ether oxygens (including phenoxy) is 1. The van der Waals surface area contributed by atoms with Gasteiger partial charge in [-0.3, -0.25) is 4.79 Å². The van der Waals surface area contributed by atoms with Crippen molar-refractivity contribution in [2.45, 2.75) is 22.6 Å². The van der Waals surface area contributed by atoms with Crippen molar-refractivity contribution in [1.82, 2.24) is 14.4 Å². The number of hydrogen-bond acceptors (Lipinski definition) is 7. The van der Waals surface area contributed by atoms with Crippen LogP contribution < -0.4 is 4.90 Å². The molecule has 5 rings (SSSR count). The van der Waals surface area contributed by atoms with E-state index in [0.29, 0.717) is 31.6 Å². The van der Waals surface area contributed by atoms with Gasteiger partial charge in [-0.05, 0) is 48.4 Å². The van der Waals surface area contributed by atoms with Crippen molar-refractivity contribution in [3.05, 3.63) is 84.4 Å². The summed E-state index contributed by atoms with van der Waals surface area (Å²) in [5.74, 6) is 0.771. The van der Waals surface area contributed by atoms with Crippen molar-refractivity contribution in [3.63, 3.8) is 0 Å². The molecule has 1 saturated heterocycles. The zero-order valence-electron chi connectivity index (χ0n) is 18.5. The van der Waals surface area contributed by atoms with E-state index in [0.717, 1.165) is 30.1 Å². The largest absolute Gasteiger partial charge is 0.378 e. The van der Waals surface area contributed by atoms with Crippen LogP contribution in [-0.4, -0.2) is 54.9 Å². The van der Waals surface area contributed by atoms with Gasteiger partial charge in [0, 0.05) is 49.9 Å². The maximum atomic E-state index is 13.0. The van der Waals surface area contributed by atoms with Crippen molar-refractivity contribution >= 4 is 27.1 Å². The predicted molar refractivity (Wildman–Crippen MR) is 127 cm³/mol. The molecule has 1 fully saturated rings. The lowest BCUT2D eigenvalue weighted by atomic mass is 10.0. The minimum Gasteiger partial charge on any atom is -0.378 e.